The lowest BCUT2D eigenvalue weighted by atomic mass is 10.1. The Hall–Kier alpha value is -3.00. The number of anilines is 2. The van der Waals surface area contributed by atoms with E-state index in [2.05, 4.69) is 35.3 Å². The third-order valence-electron chi connectivity index (χ3n) is 4.84. The molecule has 0 bridgehead atoms. The van der Waals surface area contributed by atoms with Gasteiger partial charge in [0.25, 0.3) is 0 Å². The molecular weight excluding hydrogens is 324 g/mol. The van der Waals surface area contributed by atoms with Gasteiger partial charge in [0, 0.05) is 37.6 Å². The highest BCUT2D eigenvalue weighted by Gasteiger charge is 2.22. The third-order valence-corrected chi connectivity index (χ3v) is 4.84. The van der Waals surface area contributed by atoms with Crippen LogP contribution in [0, 0.1) is 32.1 Å². The Morgan fingerprint density at radius 3 is 2.12 bits per heavy atom. The van der Waals surface area contributed by atoms with Crippen molar-refractivity contribution in [3.8, 4) is 6.07 Å². The zero-order valence-corrected chi connectivity index (χ0v) is 15.5. The number of urea groups is 1. The van der Waals surface area contributed by atoms with E-state index >= 15 is 0 Å². The first-order chi connectivity index (χ1) is 12.5. The number of hydrogen-bond donors (Lipinski definition) is 1. The number of piperazine rings is 1. The van der Waals surface area contributed by atoms with Gasteiger partial charge in [-0.3, -0.25) is 0 Å². The smallest absolute Gasteiger partial charge is 0.321 e. The summed E-state index contributed by atoms with van der Waals surface area (Å²) in [5, 5.41) is 12.0. The molecule has 3 rings (SSSR count). The first-order valence-corrected chi connectivity index (χ1v) is 8.87. The highest BCUT2D eigenvalue weighted by Crippen LogP contribution is 2.23. The molecule has 0 aromatic heterocycles. The number of carbonyl (C=O) groups is 1. The third kappa shape index (κ3) is 3.80. The van der Waals surface area contributed by atoms with E-state index in [4.69, 9.17) is 5.26 Å². The molecule has 1 fully saturated rings. The van der Waals surface area contributed by atoms with Gasteiger partial charge in [-0.1, -0.05) is 17.7 Å². The summed E-state index contributed by atoms with van der Waals surface area (Å²) in [4.78, 5) is 16.7. The second-order valence-corrected chi connectivity index (χ2v) is 6.84. The number of nitrogens with one attached hydrogen (secondary N) is 1. The van der Waals surface area contributed by atoms with Crippen LogP contribution in [-0.2, 0) is 0 Å². The van der Waals surface area contributed by atoms with Crippen LogP contribution >= 0.6 is 0 Å². The summed E-state index contributed by atoms with van der Waals surface area (Å²) in [7, 11) is 0. The Labute approximate surface area is 154 Å². The average molecular weight is 348 g/mol. The average Bonchev–Trinajstić information content (AvgIpc) is 2.64. The van der Waals surface area contributed by atoms with E-state index in [1.807, 2.05) is 43.0 Å². The van der Waals surface area contributed by atoms with Crippen LogP contribution in [0.15, 0.2) is 36.4 Å². The molecular formula is C21H24N4O. The maximum atomic E-state index is 12.6. The Kier molecular flexibility index (Phi) is 5.13. The fraction of sp³-hybridized carbons (Fsp3) is 0.333. The molecule has 2 aromatic carbocycles. The number of rotatable bonds is 2. The van der Waals surface area contributed by atoms with Crippen LogP contribution in [0.25, 0.3) is 0 Å². The molecule has 0 atom stereocenters. The predicted molar refractivity (Wildman–Crippen MR) is 105 cm³/mol. The van der Waals surface area contributed by atoms with E-state index in [1.165, 1.54) is 5.56 Å². The van der Waals surface area contributed by atoms with Crippen LogP contribution in [0.4, 0.5) is 16.2 Å². The van der Waals surface area contributed by atoms with E-state index in [9.17, 15) is 4.79 Å². The summed E-state index contributed by atoms with van der Waals surface area (Å²) >= 11 is 0. The van der Waals surface area contributed by atoms with Crippen LogP contribution < -0.4 is 10.2 Å². The number of amides is 2. The van der Waals surface area contributed by atoms with E-state index < -0.39 is 0 Å². The fourth-order valence-corrected chi connectivity index (χ4v) is 3.48. The second-order valence-electron chi connectivity index (χ2n) is 6.84. The minimum Gasteiger partial charge on any atom is -0.368 e. The number of nitrogens with zero attached hydrogens (tertiary/aromatic N) is 3. The summed E-state index contributed by atoms with van der Waals surface area (Å²) in [6.45, 7) is 9.03. The molecule has 2 aromatic rings. The van der Waals surface area contributed by atoms with Gasteiger partial charge in [0.15, 0.2) is 0 Å². The van der Waals surface area contributed by atoms with Crippen LogP contribution in [0.3, 0.4) is 0 Å². The van der Waals surface area contributed by atoms with E-state index in [0.29, 0.717) is 18.7 Å². The summed E-state index contributed by atoms with van der Waals surface area (Å²) in [5.41, 5.74) is 6.05. The summed E-state index contributed by atoms with van der Waals surface area (Å²) in [5.74, 6) is 0. The lowest BCUT2D eigenvalue weighted by Crippen LogP contribution is -2.50. The summed E-state index contributed by atoms with van der Waals surface area (Å²) in [6.07, 6.45) is 0. The van der Waals surface area contributed by atoms with Crippen molar-refractivity contribution in [2.45, 2.75) is 20.8 Å². The molecule has 26 heavy (non-hydrogen) atoms. The van der Waals surface area contributed by atoms with Crippen molar-refractivity contribution < 1.29 is 4.79 Å². The minimum atomic E-state index is -0.0421. The fourth-order valence-electron chi connectivity index (χ4n) is 3.48. The molecule has 5 heteroatoms. The van der Waals surface area contributed by atoms with E-state index in [-0.39, 0.29) is 6.03 Å². The molecule has 1 aliphatic rings. The van der Waals surface area contributed by atoms with Gasteiger partial charge in [0.1, 0.15) is 0 Å². The van der Waals surface area contributed by atoms with Gasteiger partial charge < -0.3 is 15.1 Å². The van der Waals surface area contributed by atoms with Gasteiger partial charge in [0.2, 0.25) is 0 Å². The number of aryl methyl sites for hydroxylation is 3. The van der Waals surface area contributed by atoms with Crippen molar-refractivity contribution in [2.75, 3.05) is 36.4 Å². The minimum absolute atomic E-state index is 0.0421. The highest BCUT2D eigenvalue weighted by atomic mass is 16.2. The van der Waals surface area contributed by atoms with Gasteiger partial charge in [-0.25, -0.2) is 4.79 Å². The maximum Gasteiger partial charge on any atom is 0.321 e. The Bertz CT molecular complexity index is 820. The second kappa shape index (κ2) is 7.49. The van der Waals surface area contributed by atoms with Crippen LogP contribution in [0.1, 0.15) is 22.3 Å². The molecule has 5 nitrogen and oxygen atoms in total. The molecule has 1 saturated heterocycles. The quantitative estimate of drug-likeness (QED) is 0.897. The van der Waals surface area contributed by atoms with Crippen molar-refractivity contribution in [1.82, 2.24) is 4.90 Å². The lowest BCUT2D eigenvalue weighted by molar-refractivity contribution is 0.208. The van der Waals surface area contributed by atoms with E-state index in [1.54, 1.807) is 0 Å². The molecule has 1 heterocycles. The summed E-state index contributed by atoms with van der Waals surface area (Å²) in [6, 6.07) is 13.9. The van der Waals surface area contributed by atoms with Gasteiger partial charge >= 0.3 is 6.03 Å². The van der Waals surface area contributed by atoms with Crippen LogP contribution in [0.2, 0.25) is 0 Å². The molecule has 0 radical (unpaired) electrons. The van der Waals surface area contributed by atoms with Crippen LogP contribution in [0.5, 0.6) is 0 Å². The van der Waals surface area contributed by atoms with Crippen LogP contribution in [-0.4, -0.2) is 37.1 Å². The van der Waals surface area contributed by atoms with Crippen molar-refractivity contribution in [3.05, 3.63) is 58.7 Å². The monoisotopic (exact) mass is 348 g/mol. The maximum absolute atomic E-state index is 12.6. The SMILES string of the molecule is Cc1cc(C)c(NC(=O)N2CCN(c3ccc(C#N)cc3)CC2)c(C)c1. The van der Waals surface area contributed by atoms with Gasteiger partial charge in [-0.05, 0) is 56.2 Å². The Morgan fingerprint density at radius 1 is 1.00 bits per heavy atom. The molecule has 1 aliphatic heterocycles. The highest BCUT2D eigenvalue weighted by molar-refractivity contribution is 5.91. The normalized spacial score (nSPS) is 14.1. The lowest BCUT2D eigenvalue weighted by Gasteiger charge is -2.36. The van der Waals surface area contributed by atoms with Gasteiger partial charge in [0.05, 0.1) is 11.6 Å². The number of nitriles is 1. The molecule has 0 saturated carbocycles. The van der Waals surface area contributed by atoms with Crippen molar-refractivity contribution in [2.24, 2.45) is 0 Å². The largest absolute Gasteiger partial charge is 0.368 e. The topological polar surface area (TPSA) is 59.4 Å². The van der Waals surface area contributed by atoms with E-state index in [0.717, 1.165) is 35.6 Å². The first-order valence-electron chi connectivity index (χ1n) is 8.87. The molecule has 0 aliphatic carbocycles. The Balaban J connectivity index is 1.61. The van der Waals surface area contributed by atoms with Crippen molar-refractivity contribution in [3.63, 3.8) is 0 Å². The first kappa shape index (κ1) is 17.8. The molecule has 0 unspecified atom stereocenters. The van der Waals surface area contributed by atoms with Crippen molar-refractivity contribution >= 4 is 17.4 Å². The van der Waals surface area contributed by atoms with Gasteiger partial charge in [-0.15, -0.1) is 0 Å². The zero-order valence-electron chi connectivity index (χ0n) is 15.5. The molecule has 2 amide bonds. The standard InChI is InChI=1S/C21H24N4O/c1-15-12-16(2)20(17(3)13-15)23-21(26)25-10-8-24(9-11-25)19-6-4-18(14-22)5-7-19/h4-7,12-13H,8-11H2,1-3H3,(H,23,26). The molecule has 1 N–H and O–H groups in total. The zero-order chi connectivity index (χ0) is 18.7. The van der Waals surface area contributed by atoms with Crippen molar-refractivity contribution in [1.29, 1.82) is 5.26 Å². The number of benzene rings is 2. The van der Waals surface area contributed by atoms with Gasteiger partial charge in [-0.2, -0.15) is 5.26 Å². The molecule has 134 valence electrons. The number of carbonyl (C=O) groups excluding carboxylic acids is 1. The Morgan fingerprint density at radius 2 is 1.58 bits per heavy atom. The summed E-state index contributed by atoms with van der Waals surface area (Å²) < 4.78 is 0. The molecule has 0 spiro atoms. The number of hydrogen-bond acceptors (Lipinski definition) is 3. The predicted octanol–water partition coefficient (Wildman–Crippen LogP) is 3.84.